The van der Waals surface area contributed by atoms with Gasteiger partial charge in [0.1, 0.15) is 22.8 Å². The average molecular weight is 896 g/mol. The van der Waals surface area contributed by atoms with Gasteiger partial charge in [-0.1, -0.05) is 43.0 Å². The van der Waals surface area contributed by atoms with E-state index >= 15 is 0 Å². The third-order valence-electron chi connectivity index (χ3n) is 13.3. The van der Waals surface area contributed by atoms with Crippen molar-refractivity contribution in [3.63, 3.8) is 0 Å². The van der Waals surface area contributed by atoms with E-state index in [0.717, 1.165) is 80.5 Å². The normalized spacial score (nSPS) is 19.5. The summed E-state index contributed by atoms with van der Waals surface area (Å²) in [6.07, 6.45) is 11.7. The summed E-state index contributed by atoms with van der Waals surface area (Å²) in [5, 5.41) is 16.6. The quantitative estimate of drug-likeness (QED) is 0.0583. The zero-order chi connectivity index (χ0) is 43.7. The first-order chi connectivity index (χ1) is 30.5. The van der Waals surface area contributed by atoms with Crippen molar-refractivity contribution in [1.82, 2.24) is 19.6 Å². The number of nitro benzene ring substituents is 1. The number of piperidine rings is 1. The zero-order valence-electron chi connectivity index (χ0n) is 34.8. The van der Waals surface area contributed by atoms with Crippen LogP contribution < -0.4 is 19.7 Å². The molecule has 5 aromatic rings. The molecule has 330 valence electrons. The van der Waals surface area contributed by atoms with Crippen LogP contribution in [0, 0.1) is 27.4 Å². The van der Waals surface area contributed by atoms with Crippen LogP contribution in [0.1, 0.15) is 79.8 Å². The van der Waals surface area contributed by atoms with Crippen LogP contribution >= 0.6 is 11.6 Å². The standard InChI is InChI=1S/C46H50ClN7O8S/c47-34-6-4-32(5-7-34)42-46(17-2-1-3-18-46)45(56)53(42)29-31-13-20-52(21-14-31)35-8-10-38(41(25-35)62-36-24-33-12-19-48-43(33)50-28-36)44(55)51-63(59,60)37-9-11-39(40(26-37)54(57)58)49-27-30-15-22-61-23-16-30/h4-12,19,24-26,28,30-31,42,49H,1-3,13-18,20-23,27,29H2,(H,48,50)(H,51,55). The topological polar surface area (TPSA) is 189 Å². The smallest absolute Gasteiger partial charge is 0.293 e. The van der Waals surface area contributed by atoms with Crippen molar-refractivity contribution in [2.24, 2.45) is 17.3 Å². The molecule has 3 aromatic carbocycles. The number of carbonyl (C=O) groups excluding carboxylic acids is 2. The summed E-state index contributed by atoms with van der Waals surface area (Å²) in [6.45, 7) is 3.78. The Balaban J connectivity index is 0.917. The number of H-pyrrole nitrogens is 1. The van der Waals surface area contributed by atoms with Gasteiger partial charge < -0.3 is 29.6 Å². The molecule has 63 heavy (non-hydrogen) atoms. The number of aromatic nitrogens is 2. The van der Waals surface area contributed by atoms with E-state index in [4.69, 9.17) is 21.1 Å². The number of amides is 2. The third-order valence-corrected chi connectivity index (χ3v) is 14.9. The predicted molar refractivity (Wildman–Crippen MR) is 239 cm³/mol. The summed E-state index contributed by atoms with van der Waals surface area (Å²) >= 11 is 6.26. The van der Waals surface area contributed by atoms with Gasteiger partial charge in [-0.15, -0.1) is 0 Å². The number of carbonyl (C=O) groups is 2. The number of benzene rings is 3. The molecule has 5 heterocycles. The lowest BCUT2D eigenvalue weighted by molar-refractivity contribution is -0.384. The van der Waals surface area contributed by atoms with E-state index in [9.17, 15) is 28.1 Å². The number of likely N-dealkylation sites (tertiary alicyclic amines) is 1. The summed E-state index contributed by atoms with van der Waals surface area (Å²) < 4.78 is 41.2. The minimum atomic E-state index is -4.57. The number of β-lactam (4-membered cyclic amide) rings is 1. The fourth-order valence-electron chi connectivity index (χ4n) is 9.91. The van der Waals surface area contributed by atoms with Crippen LogP contribution in [0.2, 0.25) is 5.02 Å². The van der Waals surface area contributed by atoms with Crippen LogP contribution in [0.25, 0.3) is 11.0 Å². The largest absolute Gasteiger partial charge is 0.455 e. The minimum Gasteiger partial charge on any atom is -0.455 e. The van der Waals surface area contributed by atoms with Crippen molar-refractivity contribution in [2.45, 2.75) is 68.7 Å². The fraction of sp³-hybridized carbons (Fsp3) is 0.413. The fourth-order valence-corrected chi connectivity index (χ4v) is 11.0. The lowest BCUT2D eigenvalue weighted by Crippen LogP contribution is -2.65. The number of hydrogen-bond donors (Lipinski definition) is 3. The minimum absolute atomic E-state index is 0.0430. The molecule has 1 atom stereocenters. The number of rotatable bonds is 13. The molecule has 0 radical (unpaired) electrons. The number of ether oxygens (including phenoxy) is 2. The van der Waals surface area contributed by atoms with Gasteiger partial charge in [-0.05, 0) is 104 Å². The Morgan fingerprint density at radius 1 is 0.968 bits per heavy atom. The SMILES string of the molecule is O=C(NS(=O)(=O)c1ccc(NCC2CCOCC2)c([N+](=O)[O-])c1)c1ccc(N2CCC(CN3C(=O)C4(CCCCC4)C3c3ccc(Cl)cc3)CC2)cc1Oc1cnc2[nH]ccc2c1. The highest BCUT2D eigenvalue weighted by atomic mass is 35.5. The monoisotopic (exact) mass is 895 g/mol. The van der Waals surface area contributed by atoms with E-state index in [1.54, 1.807) is 24.4 Å². The second-order valence-corrected chi connectivity index (χ2v) is 19.4. The van der Waals surface area contributed by atoms with E-state index in [2.05, 4.69) is 41.9 Å². The molecule has 17 heteroatoms. The number of nitrogens with one attached hydrogen (secondary N) is 3. The van der Waals surface area contributed by atoms with E-state index in [0.29, 0.717) is 61.7 Å². The number of nitro groups is 1. The first kappa shape index (κ1) is 42.6. The molecule has 1 unspecified atom stereocenters. The van der Waals surface area contributed by atoms with Gasteiger partial charge in [0.05, 0.1) is 33.0 Å². The Labute approximate surface area is 370 Å². The number of halogens is 1. The molecular weight excluding hydrogens is 846 g/mol. The van der Waals surface area contributed by atoms with Crippen LogP contribution in [0.4, 0.5) is 17.1 Å². The number of anilines is 2. The van der Waals surface area contributed by atoms with Gasteiger partial charge in [-0.2, -0.15) is 0 Å². The van der Waals surface area contributed by atoms with Crippen molar-refractivity contribution in [3.8, 4) is 11.5 Å². The second kappa shape index (κ2) is 17.8. The molecule has 1 aliphatic carbocycles. The molecule has 15 nitrogen and oxygen atoms in total. The Bertz CT molecular complexity index is 2620. The number of nitrogens with zero attached hydrogens (tertiary/aromatic N) is 4. The number of fused-ring (bicyclic) bond motifs is 1. The van der Waals surface area contributed by atoms with Gasteiger partial charge in [-0.25, -0.2) is 18.1 Å². The highest BCUT2D eigenvalue weighted by Crippen LogP contribution is 2.58. The molecule has 2 aromatic heterocycles. The van der Waals surface area contributed by atoms with Crippen molar-refractivity contribution in [3.05, 3.63) is 111 Å². The van der Waals surface area contributed by atoms with Crippen LogP contribution in [-0.4, -0.2) is 79.4 Å². The first-order valence-corrected chi connectivity index (χ1v) is 23.6. The maximum atomic E-state index is 13.9. The van der Waals surface area contributed by atoms with Gasteiger partial charge in [0.25, 0.3) is 21.6 Å². The summed E-state index contributed by atoms with van der Waals surface area (Å²) in [4.78, 5) is 50.6. The predicted octanol–water partition coefficient (Wildman–Crippen LogP) is 8.62. The molecule has 3 N–H and O–H groups in total. The van der Waals surface area contributed by atoms with Crippen LogP contribution in [0.5, 0.6) is 11.5 Å². The first-order valence-electron chi connectivity index (χ1n) is 21.7. The highest BCUT2D eigenvalue weighted by molar-refractivity contribution is 7.90. The Hall–Kier alpha value is -5.71. The third kappa shape index (κ3) is 8.80. The van der Waals surface area contributed by atoms with Gasteiger partial charge in [0.2, 0.25) is 5.91 Å². The summed E-state index contributed by atoms with van der Waals surface area (Å²) in [6, 6.07) is 20.1. The zero-order valence-corrected chi connectivity index (χ0v) is 36.3. The molecule has 4 aliphatic rings. The van der Waals surface area contributed by atoms with Gasteiger partial charge >= 0.3 is 0 Å². The van der Waals surface area contributed by atoms with Crippen LogP contribution in [-0.2, 0) is 19.6 Å². The Morgan fingerprint density at radius 3 is 2.48 bits per heavy atom. The van der Waals surface area contributed by atoms with Crippen LogP contribution in [0.15, 0.2) is 90.1 Å². The summed E-state index contributed by atoms with van der Waals surface area (Å²) in [5.41, 5.74) is 1.94. The van der Waals surface area contributed by atoms with Gasteiger partial charge in [-0.3, -0.25) is 19.7 Å². The molecule has 2 amide bonds. The lowest BCUT2D eigenvalue weighted by atomic mass is 9.60. The number of aromatic amines is 1. The van der Waals surface area contributed by atoms with Crippen LogP contribution in [0.3, 0.4) is 0 Å². The maximum absolute atomic E-state index is 13.9. The lowest BCUT2D eigenvalue weighted by Gasteiger charge is -2.59. The van der Waals surface area contributed by atoms with E-state index in [-0.39, 0.29) is 40.3 Å². The van der Waals surface area contributed by atoms with Crippen molar-refractivity contribution < 1.29 is 32.4 Å². The van der Waals surface area contributed by atoms with Gasteiger partial charge in [0.15, 0.2) is 0 Å². The number of pyridine rings is 1. The molecule has 3 aliphatic heterocycles. The highest BCUT2D eigenvalue weighted by Gasteiger charge is 2.60. The van der Waals surface area contributed by atoms with E-state index < -0.39 is 31.4 Å². The number of sulfonamides is 1. The van der Waals surface area contributed by atoms with Crippen molar-refractivity contribution >= 4 is 61.5 Å². The maximum Gasteiger partial charge on any atom is 0.293 e. The molecule has 1 spiro atoms. The Kier molecular flexibility index (Phi) is 12.0. The molecule has 3 saturated heterocycles. The summed E-state index contributed by atoms with van der Waals surface area (Å²) in [5.74, 6) is 0.288. The van der Waals surface area contributed by atoms with Crippen molar-refractivity contribution in [1.29, 1.82) is 0 Å². The molecule has 0 bridgehead atoms. The molecular formula is C46H50ClN7O8S. The average Bonchev–Trinajstić information content (AvgIpc) is 3.77. The summed E-state index contributed by atoms with van der Waals surface area (Å²) in [7, 11) is -4.57. The van der Waals surface area contributed by atoms with Gasteiger partial charge in [0, 0.05) is 73.8 Å². The molecule has 1 saturated carbocycles. The van der Waals surface area contributed by atoms with E-state index in [1.165, 1.54) is 24.4 Å². The second-order valence-electron chi connectivity index (χ2n) is 17.2. The van der Waals surface area contributed by atoms with E-state index in [1.807, 2.05) is 18.2 Å². The molecule has 9 rings (SSSR count). The Morgan fingerprint density at radius 2 is 1.73 bits per heavy atom. The molecule has 4 fully saturated rings. The van der Waals surface area contributed by atoms with Crippen molar-refractivity contribution in [2.75, 3.05) is 49.6 Å². The number of hydrogen-bond acceptors (Lipinski definition) is 11.